The number of ether oxygens (including phenoxy) is 2. The molecule has 0 rings (SSSR count). The summed E-state index contributed by atoms with van der Waals surface area (Å²) in [6.45, 7) is 13.2. The molecule has 0 aromatic carbocycles. The van der Waals surface area contributed by atoms with Gasteiger partial charge in [0.2, 0.25) is 0 Å². The molecule has 9 heteroatoms. The van der Waals surface area contributed by atoms with Gasteiger partial charge < -0.3 is 14.0 Å². The fraction of sp³-hybridized carbons (Fsp3) is 0.882. The van der Waals surface area contributed by atoms with Crippen LogP contribution in [0.25, 0.3) is 0 Å². The largest absolute Gasteiger partial charge is 0.462 e. The molecular weight excluding hydrogens is 377 g/mol. The number of hydrogen-bond acceptors (Lipinski definition) is 8. The summed E-state index contributed by atoms with van der Waals surface area (Å²) in [5.74, 6) is 0.136. The molecule has 7 nitrogen and oxygen atoms in total. The Bertz CT molecular complexity index is 426. The number of thioether (sulfide) groups is 1. The molecule has 154 valence electrons. The summed E-state index contributed by atoms with van der Waals surface area (Å²) in [6.07, 6.45) is 0.00964. The Kier molecular flexibility index (Phi) is 12.9. The van der Waals surface area contributed by atoms with Crippen LogP contribution in [0.3, 0.4) is 0 Å². The fourth-order valence-corrected chi connectivity index (χ4v) is 3.74. The second kappa shape index (κ2) is 13.0. The lowest BCUT2D eigenvalue weighted by atomic mass is 10.00. The van der Waals surface area contributed by atoms with Crippen molar-refractivity contribution in [3.63, 3.8) is 0 Å². The van der Waals surface area contributed by atoms with E-state index in [-0.39, 0.29) is 22.6 Å². The van der Waals surface area contributed by atoms with Gasteiger partial charge in [-0.25, -0.2) is 5.09 Å². The van der Waals surface area contributed by atoms with Crippen LogP contribution in [-0.2, 0) is 28.1 Å². The first-order chi connectivity index (χ1) is 12.0. The highest BCUT2D eigenvalue weighted by Gasteiger charge is 2.25. The summed E-state index contributed by atoms with van der Waals surface area (Å²) >= 11 is 1.23. The minimum absolute atomic E-state index is 0.108. The maximum Gasteiger partial charge on any atom is 0.323 e. The van der Waals surface area contributed by atoms with Crippen LogP contribution in [0.5, 0.6) is 0 Å². The number of carbonyl (C=O) groups excluding carboxylic acids is 2. The highest BCUT2D eigenvalue weighted by molar-refractivity contribution is 8.13. The molecule has 0 aliphatic carbocycles. The second-order valence-corrected chi connectivity index (χ2v) is 9.30. The third kappa shape index (κ3) is 11.5. The zero-order valence-corrected chi connectivity index (χ0v) is 18.9. The molecule has 0 radical (unpaired) electrons. The number of methoxy groups -OCH3 is 1. The van der Waals surface area contributed by atoms with Gasteiger partial charge in [0.05, 0.1) is 12.7 Å². The maximum absolute atomic E-state index is 12.0. The van der Waals surface area contributed by atoms with Crippen molar-refractivity contribution in [1.82, 2.24) is 5.09 Å². The van der Waals surface area contributed by atoms with Gasteiger partial charge >= 0.3 is 5.97 Å². The van der Waals surface area contributed by atoms with Gasteiger partial charge in [-0.2, -0.15) is 0 Å². The van der Waals surface area contributed by atoms with Crippen LogP contribution in [0.1, 0.15) is 54.9 Å². The minimum atomic E-state index is -1.57. The molecule has 2 unspecified atom stereocenters. The monoisotopic (exact) mass is 411 g/mol. The Morgan fingerprint density at radius 2 is 1.81 bits per heavy atom. The predicted molar refractivity (Wildman–Crippen MR) is 106 cm³/mol. The molecule has 3 atom stereocenters. The standard InChI is InChI=1S/C17H34NO6PS/c1-9-14(21-8)24-25(18-13(4)15(19)23-12(2)3)22-10-11-26-16(20)17(5,6)7/h12-14,18H,9-11H2,1-8H3/t13?,14?,25-/m1/s1. The van der Waals surface area contributed by atoms with Gasteiger partial charge in [0, 0.05) is 18.3 Å². The zero-order valence-electron chi connectivity index (χ0n) is 17.2. The first kappa shape index (κ1) is 25.8. The van der Waals surface area contributed by atoms with Crippen molar-refractivity contribution in [1.29, 1.82) is 0 Å². The average molecular weight is 412 g/mol. The van der Waals surface area contributed by atoms with Crippen molar-refractivity contribution in [2.45, 2.75) is 73.3 Å². The van der Waals surface area contributed by atoms with E-state index in [4.69, 9.17) is 18.5 Å². The number of nitrogens with one attached hydrogen (secondary N) is 1. The normalized spacial score (nSPS) is 15.6. The van der Waals surface area contributed by atoms with E-state index in [0.29, 0.717) is 18.8 Å². The Morgan fingerprint density at radius 3 is 2.27 bits per heavy atom. The third-order valence-electron chi connectivity index (χ3n) is 2.95. The lowest BCUT2D eigenvalue weighted by Crippen LogP contribution is -2.35. The molecule has 0 bridgehead atoms. The summed E-state index contributed by atoms with van der Waals surface area (Å²) in [7, 11) is -0.0164. The van der Waals surface area contributed by atoms with Gasteiger partial charge in [-0.15, -0.1) is 0 Å². The van der Waals surface area contributed by atoms with Crippen LogP contribution in [0.2, 0.25) is 0 Å². The molecule has 0 aliphatic rings. The highest BCUT2D eigenvalue weighted by atomic mass is 32.2. The summed E-state index contributed by atoms with van der Waals surface area (Å²) < 4.78 is 21.9. The summed E-state index contributed by atoms with van der Waals surface area (Å²) in [5, 5.41) is 3.12. The van der Waals surface area contributed by atoms with Crippen LogP contribution >= 0.6 is 20.3 Å². The molecule has 0 aliphatic heterocycles. The maximum atomic E-state index is 12.0. The van der Waals surface area contributed by atoms with E-state index in [2.05, 4.69) is 5.09 Å². The smallest absolute Gasteiger partial charge is 0.323 e. The van der Waals surface area contributed by atoms with Crippen molar-refractivity contribution >= 4 is 31.4 Å². The fourth-order valence-electron chi connectivity index (χ4n) is 1.51. The molecule has 0 saturated heterocycles. The summed E-state index contributed by atoms with van der Waals surface area (Å²) in [4.78, 5) is 23.9. The molecule has 0 amide bonds. The van der Waals surface area contributed by atoms with Crippen LogP contribution in [-0.4, -0.2) is 49.0 Å². The molecule has 26 heavy (non-hydrogen) atoms. The van der Waals surface area contributed by atoms with Crippen molar-refractivity contribution in [2.24, 2.45) is 5.41 Å². The number of carbonyl (C=O) groups is 2. The Morgan fingerprint density at radius 1 is 1.19 bits per heavy atom. The van der Waals surface area contributed by atoms with E-state index in [0.717, 1.165) is 0 Å². The highest BCUT2D eigenvalue weighted by Crippen LogP contribution is 2.37. The van der Waals surface area contributed by atoms with Crippen LogP contribution in [0.4, 0.5) is 0 Å². The van der Waals surface area contributed by atoms with E-state index in [1.807, 2.05) is 27.7 Å². The Balaban J connectivity index is 4.60. The van der Waals surface area contributed by atoms with E-state index in [9.17, 15) is 9.59 Å². The third-order valence-corrected chi connectivity index (χ3v) is 5.64. The minimum Gasteiger partial charge on any atom is -0.462 e. The number of rotatable bonds is 12. The van der Waals surface area contributed by atoms with E-state index in [1.54, 1.807) is 27.9 Å². The van der Waals surface area contributed by atoms with Gasteiger partial charge in [0.15, 0.2) is 11.4 Å². The molecule has 0 heterocycles. The number of hydrogen-bond donors (Lipinski definition) is 1. The van der Waals surface area contributed by atoms with Gasteiger partial charge in [0.1, 0.15) is 6.04 Å². The van der Waals surface area contributed by atoms with Crippen molar-refractivity contribution < 1.29 is 28.1 Å². The molecule has 0 fully saturated rings. The Labute approximate surface area is 163 Å². The number of esters is 1. The van der Waals surface area contributed by atoms with Crippen LogP contribution < -0.4 is 5.09 Å². The van der Waals surface area contributed by atoms with Gasteiger partial charge in [-0.3, -0.25) is 14.1 Å². The molecule has 0 aromatic rings. The molecule has 0 saturated carbocycles. The molecule has 0 spiro atoms. The zero-order chi connectivity index (χ0) is 20.3. The van der Waals surface area contributed by atoms with Gasteiger partial charge in [-0.1, -0.05) is 39.5 Å². The lowest BCUT2D eigenvalue weighted by molar-refractivity contribution is -0.149. The first-order valence-electron chi connectivity index (χ1n) is 8.77. The molecule has 1 N–H and O–H groups in total. The van der Waals surface area contributed by atoms with Crippen LogP contribution in [0, 0.1) is 5.41 Å². The van der Waals surface area contributed by atoms with Crippen molar-refractivity contribution in [2.75, 3.05) is 19.5 Å². The van der Waals surface area contributed by atoms with Crippen LogP contribution in [0.15, 0.2) is 0 Å². The predicted octanol–water partition coefficient (Wildman–Crippen LogP) is 3.86. The Hall–Kier alpha value is -0.240. The SMILES string of the molecule is CCC(OC)O[P@](NC(C)C(=O)OC(C)C)OCCSC(=O)C(C)(C)C. The average Bonchev–Trinajstić information content (AvgIpc) is 2.54. The summed E-state index contributed by atoms with van der Waals surface area (Å²) in [6, 6.07) is -0.582. The van der Waals surface area contributed by atoms with Gasteiger partial charge in [-0.05, 0) is 27.2 Å². The van der Waals surface area contributed by atoms with E-state index in [1.165, 1.54) is 11.8 Å². The first-order valence-corrected chi connectivity index (χ1v) is 10.9. The topological polar surface area (TPSA) is 83.1 Å². The van der Waals surface area contributed by atoms with E-state index >= 15 is 0 Å². The quantitative estimate of drug-likeness (QED) is 0.224. The van der Waals surface area contributed by atoms with Gasteiger partial charge in [0.25, 0.3) is 8.53 Å². The second-order valence-electron chi connectivity index (χ2n) is 6.99. The lowest BCUT2D eigenvalue weighted by Gasteiger charge is -2.25. The molecule has 0 aromatic heterocycles. The molecular formula is C17H34NO6PS. The van der Waals surface area contributed by atoms with Crippen molar-refractivity contribution in [3.05, 3.63) is 0 Å². The van der Waals surface area contributed by atoms with E-state index < -0.39 is 20.9 Å². The summed E-state index contributed by atoms with van der Waals surface area (Å²) in [5.41, 5.74) is -0.386. The van der Waals surface area contributed by atoms with Crippen molar-refractivity contribution in [3.8, 4) is 0 Å².